The molecule has 0 saturated carbocycles. The maximum absolute atomic E-state index is 5.90. The van der Waals surface area contributed by atoms with E-state index >= 15 is 0 Å². The van der Waals surface area contributed by atoms with Crippen LogP contribution in [0.1, 0.15) is 47.0 Å². The maximum Gasteiger partial charge on any atom is 0.229 e. The molecule has 0 aliphatic heterocycles. The Morgan fingerprint density at radius 3 is 2.42 bits per heavy atom. The van der Waals surface area contributed by atoms with E-state index in [0.717, 1.165) is 19.4 Å². The Bertz CT molecular complexity index is 385. The van der Waals surface area contributed by atoms with Crippen LogP contribution >= 0.6 is 11.6 Å². The highest BCUT2D eigenvalue weighted by Crippen LogP contribution is 2.15. The number of aromatic nitrogens is 3. The number of anilines is 2. The lowest BCUT2D eigenvalue weighted by Gasteiger charge is -2.17. The van der Waals surface area contributed by atoms with Crippen LogP contribution in [0.15, 0.2) is 0 Å². The summed E-state index contributed by atoms with van der Waals surface area (Å²) in [4.78, 5) is 12.5. The van der Waals surface area contributed by atoms with Gasteiger partial charge in [-0.25, -0.2) is 0 Å². The summed E-state index contributed by atoms with van der Waals surface area (Å²) in [6.07, 6.45) is 3.27. The fourth-order valence-electron chi connectivity index (χ4n) is 1.78. The molecule has 0 amide bonds. The van der Waals surface area contributed by atoms with Gasteiger partial charge in [0.25, 0.3) is 0 Å². The van der Waals surface area contributed by atoms with Crippen LogP contribution in [0.3, 0.4) is 0 Å². The monoisotopic (exact) mass is 285 g/mol. The second-order valence-corrected chi connectivity index (χ2v) is 5.31. The Hall–Kier alpha value is -1.10. The molecule has 1 rings (SSSR count). The summed E-state index contributed by atoms with van der Waals surface area (Å²) in [6, 6.07) is 0.312. The number of hydrogen-bond acceptors (Lipinski definition) is 5. The first-order valence-electron chi connectivity index (χ1n) is 6.97. The molecule has 0 radical (unpaired) electrons. The first-order chi connectivity index (χ1) is 9.05. The fraction of sp³-hybridized carbons (Fsp3) is 0.769. The summed E-state index contributed by atoms with van der Waals surface area (Å²) >= 11 is 5.90. The van der Waals surface area contributed by atoms with Crippen molar-refractivity contribution in [3.05, 3.63) is 5.28 Å². The number of nitrogens with zero attached hydrogens (tertiary/aromatic N) is 3. The lowest BCUT2D eigenvalue weighted by Crippen LogP contribution is -2.20. The highest BCUT2D eigenvalue weighted by atomic mass is 35.5. The van der Waals surface area contributed by atoms with Gasteiger partial charge in [0.05, 0.1) is 0 Å². The summed E-state index contributed by atoms with van der Waals surface area (Å²) in [7, 11) is 0. The minimum atomic E-state index is 0.215. The van der Waals surface area contributed by atoms with Crippen molar-refractivity contribution in [1.82, 2.24) is 15.0 Å². The van der Waals surface area contributed by atoms with Crippen LogP contribution in [0.2, 0.25) is 5.28 Å². The maximum atomic E-state index is 5.90. The summed E-state index contributed by atoms with van der Waals surface area (Å²) < 4.78 is 0. The highest BCUT2D eigenvalue weighted by Gasteiger charge is 2.10. The summed E-state index contributed by atoms with van der Waals surface area (Å²) in [5.41, 5.74) is 0. The zero-order valence-corrected chi connectivity index (χ0v) is 13.0. The van der Waals surface area contributed by atoms with Gasteiger partial charge in [-0.1, -0.05) is 27.2 Å². The average molecular weight is 286 g/mol. The molecule has 0 fully saturated rings. The molecule has 2 unspecified atom stereocenters. The largest absolute Gasteiger partial charge is 0.354 e. The molecule has 2 N–H and O–H groups in total. The van der Waals surface area contributed by atoms with Crippen molar-refractivity contribution >= 4 is 23.5 Å². The van der Waals surface area contributed by atoms with Crippen molar-refractivity contribution in [1.29, 1.82) is 0 Å². The van der Waals surface area contributed by atoms with Crippen LogP contribution < -0.4 is 10.6 Å². The Morgan fingerprint density at radius 1 is 1.11 bits per heavy atom. The van der Waals surface area contributed by atoms with E-state index in [2.05, 4.69) is 53.3 Å². The second kappa shape index (κ2) is 8.15. The molecule has 0 aromatic carbocycles. The molecule has 0 aliphatic rings. The molecule has 1 heterocycles. The Labute approximate surface area is 120 Å². The molecule has 0 aliphatic carbocycles. The summed E-state index contributed by atoms with van der Waals surface area (Å²) in [5, 5.41) is 6.61. The number of rotatable bonds is 8. The van der Waals surface area contributed by atoms with E-state index in [1.807, 2.05) is 0 Å². The molecule has 6 heteroatoms. The van der Waals surface area contributed by atoms with E-state index in [1.165, 1.54) is 6.42 Å². The van der Waals surface area contributed by atoms with Crippen molar-refractivity contribution < 1.29 is 0 Å². The Balaban J connectivity index is 2.64. The Morgan fingerprint density at radius 2 is 1.79 bits per heavy atom. The smallest absolute Gasteiger partial charge is 0.229 e. The van der Waals surface area contributed by atoms with Crippen LogP contribution in [0.5, 0.6) is 0 Å². The topological polar surface area (TPSA) is 62.7 Å². The minimum absolute atomic E-state index is 0.215. The molecule has 19 heavy (non-hydrogen) atoms. The van der Waals surface area contributed by atoms with Gasteiger partial charge in [-0.15, -0.1) is 0 Å². The molecule has 0 spiro atoms. The zero-order valence-electron chi connectivity index (χ0n) is 12.2. The fourth-order valence-corrected chi connectivity index (χ4v) is 1.94. The van der Waals surface area contributed by atoms with E-state index in [0.29, 0.717) is 23.9 Å². The van der Waals surface area contributed by atoms with E-state index in [4.69, 9.17) is 11.6 Å². The third-order valence-corrected chi connectivity index (χ3v) is 3.14. The SMILES string of the molecule is CCCNc1nc(Cl)nc(NC(C)CC(C)CC)n1. The first kappa shape index (κ1) is 16.0. The van der Waals surface area contributed by atoms with Gasteiger partial charge in [0.2, 0.25) is 17.2 Å². The van der Waals surface area contributed by atoms with Gasteiger partial charge in [-0.3, -0.25) is 0 Å². The van der Waals surface area contributed by atoms with E-state index in [9.17, 15) is 0 Å². The third-order valence-electron chi connectivity index (χ3n) is 2.97. The predicted molar refractivity (Wildman–Crippen MR) is 80.8 cm³/mol. The van der Waals surface area contributed by atoms with Crippen LogP contribution in [-0.4, -0.2) is 27.5 Å². The van der Waals surface area contributed by atoms with E-state index in [-0.39, 0.29) is 5.28 Å². The van der Waals surface area contributed by atoms with Crippen molar-refractivity contribution in [2.45, 2.75) is 53.0 Å². The first-order valence-corrected chi connectivity index (χ1v) is 7.34. The van der Waals surface area contributed by atoms with Gasteiger partial charge in [0.1, 0.15) is 0 Å². The van der Waals surface area contributed by atoms with Gasteiger partial charge in [-0.2, -0.15) is 15.0 Å². The van der Waals surface area contributed by atoms with Crippen LogP contribution in [0, 0.1) is 5.92 Å². The van der Waals surface area contributed by atoms with Crippen LogP contribution in [-0.2, 0) is 0 Å². The van der Waals surface area contributed by atoms with Gasteiger partial charge in [0.15, 0.2) is 0 Å². The molecular weight excluding hydrogens is 262 g/mol. The quantitative estimate of drug-likeness (QED) is 0.764. The van der Waals surface area contributed by atoms with Crippen molar-refractivity contribution in [3.63, 3.8) is 0 Å². The van der Waals surface area contributed by atoms with Gasteiger partial charge in [0, 0.05) is 12.6 Å². The van der Waals surface area contributed by atoms with E-state index in [1.54, 1.807) is 0 Å². The standard InChI is InChI=1S/C13H24ClN5/c1-5-7-15-12-17-11(14)18-13(19-12)16-10(4)8-9(3)6-2/h9-10H,5-8H2,1-4H3,(H2,15,16,17,18,19). The third kappa shape index (κ3) is 6.05. The van der Waals surface area contributed by atoms with Crippen molar-refractivity contribution in [2.24, 2.45) is 5.92 Å². The molecular formula is C13H24ClN5. The minimum Gasteiger partial charge on any atom is -0.354 e. The number of halogens is 1. The summed E-state index contributed by atoms with van der Waals surface area (Å²) in [6.45, 7) is 9.48. The van der Waals surface area contributed by atoms with Crippen molar-refractivity contribution in [2.75, 3.05) is 17.2 Å². The van der Waals surface area contributed by atoms with Gasteiger partial charge >= 0.3 is 0 Å². The summed E-state index contributed by atoms with van der Waals surface area (Å²) in [5.74, 6) is 1.74. The number of hydrogen-bond donors (Lipinski definition) is 2. The normalized spacial score (nSPS) is 13.9. The molecule has 0 bridgehead atoms. The molecule has 5 nitrogen and oxygen atoms in total. The molecule has 1 aromatic rings. The second-order valence-electron chi connectivity index (χ2n) is 4.97. The lowest BCUT2D eigenvalue weighted by molar-refractivity contribution is 0.482. The predicted octanol–water partition coefficient (Wildman–Crippen LogP) is 3.58. The Kier molecular flexibility index (Phi) is 6.84. The van der Waals surface area contributed by atoms with Crippen molar-refractivity contribution in [3.8, 4) is 0 Å². The average Bonchev–Trinajstić information content (AvgIpc) is 2.35. The molecule has 0 saturated heterocycles. The van der Waals surface area contributed by atoms with Gasteiger partial charge in [-0.05, 0) is 37.3 Å². The number of nitrogens with one attached hydrogen (secondary N) is 2. The highest BCUT2D eigenvalue weighted by molar-refractivity contribution is 6.28. The van der Waals surface area contributed by atoms with E-state index < -0.39 is 0 Å². The van der Waals surface area contributed by atoms with Crippen LogP contribution in [0.4, 0.5) is 11.9 Å². The van der Waals surface area contributed by atoms with Gasteiger partial charge < -0.3 is 10.6 Å². The molecule has 1 aromatic heterocycles. The molecule has 108 valence electrons. The van der Waals surface area contributed by atoms with Crippen LogP contribution in [0.25, 0.3) is 0 Å². The lowest BCUT2D eigenvalue weighted by atomic mass is 10.0. The zero-order chi connectivity index (χ0) is 14.3. The molecule has 2 atom stereocenters.